The molecule has 0 atom stereocenters. The van der Waals surface area contributed by atoms with Gasteiger partial charge in [-0.15, -0.1) is 0 Å². The highest BCUT2D eigenvalue weighted by molar-refractivity contribution is 7.90. The van der Waals surface area contributed by atoms with Crippen LogP contribution in [0.1, 0.15) is 29.4 Å². The van der Waals surface area contributed by atoms with E-state index in [2.05, 4.69) is 22.2 Å². The maximum Gasteiger partial charge on any atom is 0.278 e. The molecule has 0 spiro atoms. The lowest BCUT2D eigenvalue weighted by molar-refractivity contribution is 0.102. The van der Waals surface area contributed by atoms with Gasteiger partial charge in [-0.2, -0.15) is 0 Å². The average molecular weight is 410 g/mol. The van der Waals surface area contributed by atoms with E-state index in [1.54, 1.807) is 18.2 Å². The van der Waals surface area contributed by atoms with Gasteiger partial charge in [0.15, 0.2) is 21.3 Å². The summed E-state index contributed by atoms with van der Waals surface area (Å²) in [5.74, 6) is -0.443. The van der Waals surface area contributed by atoms with Gasteiger partial charge >= 0.3 is 0 Å². The zero-order valence-corrected chi connectivity index (χ0v) is 17.0. The van der Waals surface area contributed by atoms with Gasteiger partial charge in [-0.3, -0.25) is 4.79 Å². The molecular formula is C21H22N4O3S. The van der Waals surface area contributed by atoms with Crippen molar-refractivity contribution in [2.75, 3.05) is 17.3 Å². The van der Waals surface area contributed by atoms with E-state index in [9.17, 15) is 13.2 Å². The van der Waals surface area contributed by atoms with Crippen LogP contribution in [-0.4, -0.2) is 30.5 Å². The fourth-order valence-electron chi connectivity index (χ4n) is 2.86. The van der Waals surface area contributed by atoms with Crippen LogP contribution in [-0.2, 0) is 16.3 Å². The first kappa shape index (κ1) is 20.5. The molecule has 7 nitrogen and oxygen atoms in total. The fraction of sp³-hybridized carbons (Fsp3) is 0.190. The van der Waals surface area contributed by atoms with Crippen LogP contribution in [0.4, 0.5) is 11.5 Å². The lowest BCUT2D eigenvalue weighted by atomic mass is 10.1. The normalized spacial score (nSPS) is 11.2. The van der Waals surface area contributed by atoms with Crippen LogP contribution in [0.3, 0.4) is 0 Å². The van der Waals surface area contributed by atoms with E-state index in [1.807, 2.05) is 18.2 Å². The number of aromatic nitrogens is 2. The molecule has 0 unspecified atom stereocenters. The fourth-order valence-corrected chi connectivity index (χ4v) is 3.49. The summed E-state index contributed by atoms with van der Waals surface area (Å²) in [6.45, 7) is 2.09. The molecule has 3 rings (SSSR count). The number of hydrogen-bond donors (Lipinski definition) is 2. The molecule has 2 aromatic carbocycles. The van der Waals surface area contributed by atoms with Crippen molar-refractivity contribution in [1.29, 1.82) is 0 Å². The highest BCUT2D eigenvalue weighted by Gasteiger charge is 2.16. The van der Waals surface area contributed by atoms with E-state index < -0.39 is 15.7 Å². The van der Waals surface area contributed by atoms with Gasteiger partial charge in [-0.05, 0) is 36.2 Å². The molecular weight excluding hydrogens is 388 g/mol. The molecule has 0 aliphatic rings. The molecule has 0 saturated carbocycles. The largest absolute Gasteiger partial charge is 0.382 e. The Morgan fingerprint density at radius 2 is 1.86 bits per heavy atom. The monoisotopic (exact) mass is 410 g/mol. The van der Waals surface area contributed by atoms with E-state index in [1.165, 1.54) is 18.3 Å². The second-order valence-corrected chi connectivity index (χ2v) is 8.71. The maximum absolute atomic E-state index is 12.7. The van der Waals surface area contributed by atoms with E-state index in [0.29, 0.717) is 16.9 Å². The third kappa shape index (κ3) is 4.97. The summed E-state index contributed by atoms with van der Waals surface area (Å²) < 4.78 is 23.2. The summed E-state index contributed by atoms with van der Waals surface area (Å²) >= 11 is 0. The molecule has 1 aromatic heterocycles. The van der Waals surface area contributed by atoms with Crippen LogP contribution in [0.25, 0.3) is 11.3 Å². The predicted octanol–water partition coefficient (Wildman–Crippen LogP) is 3.33. The number of benzene rings is 2. The molecule has 0 fully saturated rings. The molecule has 0 radical (unpaired) electrons. The summed E-state index contributed by atoms with van der Waals surface area (Å²) in [7, 11) is -3.29. The zero-order valence-electron chi connectivity index (χ0n) is 16.2. The molecule has 0 saturated heterocycles. The van der Waals surface area contributed by atoms with E-state index >= 15 is 0 Å². The van der Waals surface area contributed by atoms with Crippen molar-refractivity contribution >= 4 is 27.2 Å². The molecule has 3 aromatic rings. The lowest BCUT2D eigenvalue weighted by Gasteiger charge is -2.10. The average Bonchev–Trinajstić information content (AvgIpc) is 2.68. The molecule has 150 valence electrons. The number of rotatable bonds is 6. The number of nitrogens with one attached hydrogen (secondary N) is 1. The number of amides is 1. The van der Waals surface area contributed by atoms with Gasteiger partial charge in [-0.1, -0.05) is 37.6 Å². The molecule has 8 heteroatoms. The Kier molecular flexibility index (Phi) is 5.93. The Morgan fingerprint density at radius 1 is 1.14 bits per heavy atom. The van der Waals surface area contributed by atoms with Gasteiger partial charge < -0.3 is 11.1 Å². The number of anilines is 2. The Morgan fingerprint density at radius 3 is 2.52 bits per heavy atom. The topological polar surface area (TPSA) is 115 Å². The minimum atomic E-state index is -3.29. The van der Waals surface area contributed by atoms with Crippen molar-refractivity contribution in [3.63, 3.8) is 0 Å². The van der Waals surface area contributed by atoms with Crippen molar-refractivity contribution in [3.05, 3.63) is 66.0 Å². The Hall–Kier alpha value is -3.26. The summed E-state index contributed by atoms with van der Waals surface area (Å²) in [6.07, 6.45) is 4.52. The number of aryl methyl sites for hydroxylation is 1. The molecule has 0 bridgehead atoms. The molecule has 1 heterocycles. The van der Waals surface area contributed by atoms with Crippen molar-refractivity contribution in [2.24, 2.45) is 0 Å². The van der Waals surface area contributed by atoms with Crippen LogP contribution in [0.15, 0.2) is 59.6 Å². The van der Waals surface area contributed by atoms with Crippen molar-refractivity contribution < 1.29 is 13.2 Å². The number of nitrogen functional groups attached to an aromatic ring is 1. The number of carbonyl (C=O) groups is 1. The van der Waals surface area contributed by atoms with Gasteiger partial charge in [0.2, 0.25) is 0 Å². The van der Waals surface area contributed by atoms with E-state index in [-0.39, 0.29) is 16.4 Å². The molecule has 3 N–H and O–H groups in total. The standard InChI is InChI=1S/C21H22N4O3S/c1-3-5-14-6-4-7-16(12-14)24-21(26)19-20(22)23-13-18(25-19)15-8-10-17(11-9-15)29(2,27)28/h4,6-13H,3,5H2,1-2H3,(H2,22,23)(H,24,26). The number of carbonyl (C=O) groups excluding carboxylic acids is 1. The van der Waals surface area contributed by atoms with Crippen LogP contribution < -0.4 is 11.1 Å². The van der Waals surface area contributed by atoms with Gasteiger partial charge in [-0.25, -0.2) is 18.4 Å². The highest BCUT2D eigenvalue weighted by Crippen LogP contribution is 2.21. The first-order valence-corrected chi connectivity index (χ1v) is 11.0. The predicted molar refractivity (Wildman–Crippen MR) is 113 cm³/mol. The Balaban J connectivity index is 1.87. The zero-order chi connectivity index (χ0) is 21.0. The molecule has 1 amide bonds. The van der Waals surface area contributed by atoms with Crippen LogP contribution in [0, 0.1) is 0 Å². The van der Waals surface area contributed by atoms with Gasteiger partial charge in [0, 0.05) is 17.5 Å². The third-order valence-electron chi connectivity index (χ3n) is 4.32. The molecule has 0 aliphatic heterocycles. The number of nitrogens with zero attached hydrogens (tertiary/aromatic N) is 2. The van der Waals surface area contributed by atoms with Crippen molar-refractivity contribution in [2.45, 2.75) is 24.7 Å². The van der Waals surface area contributed by atoms with Crippen LogP contribution in [0.5, 0.6) is 0 Å². The van der Waals surface area contributed by atoms with Crippen molar-refractivity contribution in [3.8, 4) is 11.3 Å². The summed E-state index contributed by atoms with van der Waals surface area (Å²) in [4.78, 5) is 21.3. The second kappa shape index (κ2) is 8.40. The summed E-state index contributed by atoms with van der Waals surface area (Å²) in [6, 6.07) is 13.8. The number of sulfone groups is 1. The Labute approximate surface area is 169 Å². The van der Waals surface area contributed by atoms with Gasteiger partial charge in [0.25, 0.3) is 5.91 Å². The maximum atomic E-state index is 12.7. The highest BCUT2D eigenvalue weighted by atomic mass is 32.2. The minimum Gasteiger partial charge on any atom is -0.382 e. The SMILES string of the molecule is CCCc1cccc(NC(=O)c2nc(-c3ccc(S(C)(=O)=O)cc3)cnc2N)c1. The second-order valence-electron chi connectivity index (χ2n) is 6.69. The number of hydrogen-bond acceptors (Lipinski definition) is 6. The van der Waals surface area contributed by atoms with Gasteiger partial charge in [0.05, 0.1) is 16.8 Å². The molecule has 29 heavy (non-hydrogen) atoms. The minimum absolute atomic E-state index is 0.00980. The quantitative estimate of drug-likeness (QED) is 0.644. The smallest absolute Gasteiger partial charge is 0.278 e. The number of nitrogens with two attached hydrogens (primary N) is 1. The van der Waals surface area contributed by atoms with E-state index in [4.69, 9.17) is 5.73 Å². The Bertz CT molecular complexity index is 1140. The lowest BCUT2D eigenvalue weighted by Crippen LogP contribution is -2.17. The summed E-state index contributed by atoms with van der Waals surface area (Å²) in [5, 5.41) is 2.80. The van der Waals surface area contributed by atoms with E-state index in [0.717, 1.165) is 24.7 Å². The first-order chi connectivity index (χ1) is 13.8. The van der Waals surface area contributed by atoms with Crippen LogP contribution in [0.2, 0.25) is 0 Å². The molecule has 0 aliphatic carbocycles. The third-order valence-corrected chi connectivity index (χ3v) is 5.45. The van der Waals surface area contributed by atoms with Gasteiger partial charge in [0.1, 0.15) is 0 Å². The first-order valence-electron chi connectivity index (χ1n) is 9.11. The summed E-state index contributed by atoms with van der Waals surface area (Å²) in [5.41, 5.74) is 8.71. The van der Waals surface area contributed by atoms with Crippen LogP contribution >= 0.6 is 0 Å². The van der Waals surface area contributed by atoms with Crippen molar-refractivity contribution in [1.82, 2.24) is 9.97 Å².